The number of aromatic nitrogens is 1. The summed E-state index contributed by atoms with van der Waals surface area (Å²) in [5.74, 6) is 0.998. The average Bonchev–Trinajstić information content (AvgIpc) is 2.43. The third kappa shape index (κ3) is 2.70. The van der Waals surface area contributed by atoms with Crippen LogP contribution in [-0.2, 0) is 6.42 Å². The number of anilines is 1. The summed E-state index contributed by atoms with van der Waals surface area (Å²) in [6.45, 7) is 11.0. The van der Waals surface area contributed by atoms with E-state index in [2.05, 4.69) is 36.4 Å². The van der Waals surface area contributed by atoms with Gasteiger partial charge in [0.05, 0.1) is 11.4 Å². The lowest BCUT2D eigenvalue weighted by molar-refractivity contribution is 0.414. The van der Waals surface area contributed by atoms with Gasteiger partial charge >= 0.3 is 0 Å². The minimum absolute atomic E-state index is 0.448. The fraction of sp³-hybridized carbons (Fsp3) is 0.312. The van der Waals surface area contributed by atoms with E-state index in [1.165, 1.54) is 11.4 Å². The van der Waals surface area contributed by atoms with Crippen molar-refractivity contribution >= 4 is 5.69 Å². The highest BCUT2D eigenvalue weighted by Crippen LogP contribution is 2.30. The van der Waals surface area contributed by atoms with Crippen LogP contribution < -0.4 is 5.32 Å². The highest BCUT2D eigenvalue weighted by atomic mass is 14.9. The molecular weight excluding hydrogens is 220 g/mol. The molecule has 1 aromatic heterocycles. The van der Waals surface area contributed by atoms with Crippen molar-refractivity contribution in [1.29, 1.82) is 0 Å². The molecule has 0 saturated carbocycles. The molecule has 1 aliphatic rings. The quantitative estimate of drug-likeness (QED) is 0.813. The van der Waals surface area contributed by atoms with Crippen LogP contribution in [0.5, 0.6) is 0 Å². The van der Waals surface area contributed by atoms with Gasteiger partial charge in [0.1, 0.15) is 0 Å². The highest BCUT2D eigenvalue weighted by molar-refractivity contribution is 5.49. The maximum atomic E-state index is 4.45. The summed E-state index contributed by atoms with van der Waals surface area (Å²) >= 11 is 0. The van der Waals surface area contributed by atoms with E-state index in [-0.39, 0.29) is 0 Å². The monoisotopic (exact) mass is 240 g/mol. The number of hydrogen-bond acceptors (Lipinski definition) is 2. The Morgan fingerprint density at radius 3 is 3.22 bits per heavy atom. The van der Waals surface area contributed by atoms with Crippen LogP contribution in [0.4, 0.5) is 5.69 Å². The Balaban J connectivity index is 2.06. The van der Waals surface area contributed by atoms with E-state index in [9.17, 15) is 0 Å². The second-order valence-corrected chi connectivity index (χ2v) is 4.80. The minimum atomic E-state index is 0.448. The molecular formula is C16H20N2. The molecule has 0 fully saturated rings. The molecule has 18 heavy (non-hydrogen) atoms. The molecule has 1 N–H and O–H groups in total. The SMILES string of the molecule is C=C/C=C\C(=C)[C@@H](C)[C@H]1CNc2cccnc2C1. The first-order chi connectivity index (χ1) is 8.72. The van der Waals surface area contributed by atoms with Crippen molar-refractivity contribution < 1.29 is 0 Å². The first-order valence-corrected chi connectivity index (χ1v) is 6.38. The summed E-state index contributed by atoms with van der Waals surface area (Å²) in [4.78, 5) is 4.45. The van der Waals surface area contributed by atoms with Gasteiger partial charge < -0.3 is 5.32 Å². The van der Waals surface area contributed by atoms with Gasteiger partial charge in [-0.15, -0.1) is 0 Å². The van der Waals surface area contributed by atoms with Gasteiger partial charge in [0.15, 0.2) is 0 Å². The molecule has 1 aliphatic heterocycles. The Bertz CT molecular complexity index is 474. The number of fused-ring (bicyclic) bond motifs is 1. The Morgan fingerprint density at radius 1 is 1.61 bits per heavy atom. The van der Waals surface area contributed by atoms with Crippen molar-refractivity contribution in [1.82, 2.24) is 4.98 Å². The lowest BCUT2D eigenvalue weighted by atomic mass is 9.82. The van der Waals surface area contributed by atoms with Crippen molar-refractivity contribution in [3.8, 4) is 0 Å². The molecule has 0 unspecified atom stereocenters. The van der Waals surface area contributed by atoms with E-state index in [1.807, 2.05) is 24.4 Å². The van der Waals surface area contributed by atoms with Crippen molar-refractivity contribution in [2.75, 3.05) is 11.9 Å². The zero-order chi connectivity index (χ0) is 13.0. The Labute approximate surface area is 109 Å². The molecule has 2 heteroatoms. The maximum Gasteiger partial charge on any atom is 0.0638 e. The van der Waals surface area contributed by atoms with Crippen LogP contribution in [0.1, 0.15) is 12.6 Å². The van der Waals surface area contributed by atoms with Crippen LogP contribution in [0.3, 0.4) is 0 Å². The van der Waals surface area contributed by atoms with Crippen molar-refractivity contribution in [3.63, 3.8) is 0 Å². The number of allylic oxidation sites excluding steroid dienone is 4. The molecule has 1 aromatic rings. The largest absolute Gasteiger partial charge is 0.383 e. The number of rotatable bonds is 4. The van der Waals surface area contributed by atoms with Gasteiger partial charge in [-0.05, 0) is 30.4 Å². The Hall–Kier alpha value is -1.83. The molecule has 0 radical (unpaired) electrons. The zero-order valence-corrected chi connectivity index (χ0v) is 10.9. The van der Waals surface area contributed by atoms with Crippen molar-refractivity contribution in [2.45, 2.75) is 13.3 Å². The lowest BCUT2D eigenvalue weighted by Crippen LogP contribution is -2.29. The number of hydrogen-bond donors (Lipinski definition) is 1. The standard InChI is InChI=1S/C16H20N2/c1-4-5-7-12(2)13(3)14-10-16-15(18-11-14)8-6-9-17-16/h4-9,13-14,18H,1-2,10-11H2,3H3/b7-5-/t13-,14-/m1/s1. The van der Waals surface area contributed by atoms with Gasteiger partial charge in [-0.25, -0.2) is 0 Å². The molecule has 0 aliphatic carbocycles. The van der Waals surface area contributed by atoms with Crippen LogP contribution in [0.2, 0.25) is 0 Å². The van der Waals surface area contributed by atoms with Gasteiger partial charge in [-0.2, -0.15) is 0 Å². The summed E-state index contributed by atoms with van der Waals surface area (Å²) in [7, 11) is 0. The van der Waals surface area contributed by atoms with Crippen molar-refractivity contribution in [3.05, 3.63) is 61.0 Å². The van der Waals surface area contributed by atoms with E-state index in [1.54, 1.807) is 6.08 Å². The molecule has 0 saturated heterocycles. The van der Waals surface area contributed by atoms with Crippen LogP contribution >= 0.6 is 0 Å². The van der Waals surface area contributed by atoms with Gasteiger partial charge in [0, 0.05) is 12.7 Å². The molecule has 2 heterocycles. The predicted octanol–water partition coefficient (Wildman–Crippen LogP) is 3.60. The number of nitrogens with one attached hydrogen (secondary N) is 1. The first-order valence-electron chi connectivity index (χ1n) is 6.38. The fourth-order valence-electron chi connectivity index (χ4n) is 2.32. The highest BCUT2D eigenvalue weighted by Gasteiger charge is 2.24. The molecule has 94 valence electrons. The molecule has 0 bridgehead atoms. The van der Waals surface area contributed by atoms with Gasteiger partial charge in [0.2, 0.25) is 0 Å². The third-order valence-electron chi connectivity index (χ3n) is 3.64. The topological polar surface area (TPSA) is 24.9 Å². The molecule has 0 spiro atoms. The van der Waals surface area contributed by atoms with Gasteiger partial charge in [-0.1, -0.05) is 43.9 Å². The fourth-order valence-corrected chi connectivity index (χ4v) is 2.32. The first kappa shape index (κ1) is 12.6. The molecule has 2 atom stereocenters. The summed E-state index contributed by atoms with van der Waals surface area (Å²) in [5.41, 5.74) is 3.50. The Kier molecular flexibility index (Phi) is 3.98. The van der Waals surface area contributed by atoms with E-state index in [0.29, 0.717) is 11.8 Å². The van der Waals surface area contributed by atoms with E-state index in [0.717, 1.165) is 18.5 Å². The Morgan fingerprint density at radius 2 is 2.44 bits per heavy atom. The van der Waals surface area contributed by atoms with Crippen LogP contribution in [-0.4, -0.2) is 11.5 Å². The summed E-state index contributed by atoms with van der Waals surface area (Å²) in [6, 6.07) is 4.07. The predicted molar refractivity (Wildman–Crippen MR) is 77.6 cm³/mol. The minimum Gasteiger partial charge on any atom is -0.383 e. The smallest absolute Gasteiger partial charge is 0.0638 e. The third-order valence-corrected chi connectivity index (χ3v) is 3.64. The lowest BCUT2D eigenvalue weighted by Gasteiger charge is -2.30. The average molecular weight is 240 g/mol. The number of pyridine rings is 1. The summed E-state index contributed by atoms with van der Waals surface area (Å²) in [5, 5.41) is 3.46. The second-order valence-electron chi connectivity index (χ2n) is 4.80. The zero-order valence-electron chi connectivity index (χ0n) is 10.9. The maximum absolute atomic E-state index is 4.45. The van der Waals surface area contributed by atoms with E-state index in [4.69, 9.17) is 0 Å². The normalized spacial score (nSPS) is 19.9. The van der Waals surface area contributed by atoms with E-state index < -0.39 is 0 Å². The number of nitrogens with zero attached hydrogens (tertiary/aromatic N) is 1. The summed E-state index contributed by atoms with van der Waals surface area (Å²) in [6.07, 6.45) is 8.66. The summed E-state index contributed by atoms with van der Waals surface area (Å²) < 4.78 is 0. The van der Waals surface area contributed by atoms with E-state index >= 15 is 0 Å². The van der Waals surface area contributed by atoms with Crippen LogP contribution in [0.15, 0.2) is 55.3 Å². The molecule has 0 aromatic carbocycles. The van der Waals surface area contributed by atoms with Crippen LogP contribution in [0.25, 0.3) is 0 Å². The van der Waals surface area contributed by atoms with Gasteiger partial charge in [-0.3, -0.25) is 4.98 Å². The van der Waals surface area contributed by atoms with Crippen LogP contribution in [0, 0.1) is 11.8 Å². The second kappa shape index (κ2) is 5.67. The van der Waals surface area contributed by atoms with Crippen molar-refractivity contribution in [2.24, 2.45) is 11.8 Å². The molecule has 0 amide bonds. The molecule has 2 rings (SSSR count). The van der Waals surface area contributed by atoms with Gasteiger partial charge in [0.25, 0.3) is 0 Å². The molecule has 2 nitrogen and oxygen atoms in total.